The molecule has 3 amide bonds. The maximum absolute atomic E-state index is 13.1. The first kappa shape index (κ1) is 22.4. The number of imide groups is 1. The summed E-state index contributed by atoms with van der Waals surface area (Å²) in [7, 11) is 0. The first-order valence-electron chi connectivity index (χ1n) is 11.0. The highest BCUT2D eigenvalue weighted by molar-refractivity contribution is 7.15. The number of hydrogen-bond donors (Lipinski definition) is 1. The van der Waals surface area contributed by atoms with Crippen molar-refractivity contribution in [2.24, 2.45) is 0 Å². The van der Waals surface area contributed by atoms with Crippen LogP contribution in [0.2, 0.25) is 0 Å². The molecule has 0 bridgehead atoms. The Labute approximate surface area is 199 Å². The van der Waals surface area contributed by atoms with Crippen LogP contribution in [0.4, 0.5) is 9.52 Å². The Hall–Kier alpha value is -3.43. The monoisotopic (exact) mass is 479 g/mol. The van der Waals surface area contributed by atoms with Gasteiger partial charge in [0, 0.05) is 23.5 Å². The lowest BCUT2D eigenvalue weighted by Gasteiger charge is -2.17. The van der Waals surface area contributed by atoms with Crippen molar-refractivity contribution in [3.63, 3.8) is 0 Å². The van der Waals surface area contributed by atoms with Crippen LogP contribution in [0.1, 0.15) is 60.1 Å². The number of nitrogens with zero attached hydrogens (tertiary/aromatic N) is 2. The number of benzene rings is 2. The molecule has 0 radical (unpaired) electrons. The number of halogens is 1. The third-order valence-electron chi connectivity index (χ3n) is 6.03. The van der Waals surface area contributed by atoms with Crippen molar-refractivity contribution in [2.75, 3.05) is 18.5 Å². The molecule has 3 heterocycles. The summed E-state index contributed by atoms with van der Waals surface area (Å²) in [6.07, 6.45) is 2.18. The molecular weight excluding hydrogens is 457 g/mol. The van der Waals surface area contributed by atoms with E-state index in [1.54, 1.807) is 12.1 Å². The fourth-order valence-corrected chi connectivity index (χ4v) is 5.18. The first-order chi connectivity index (χ1) is 16.4. The molecule has 0 spiro atoms. The molecule has 0 saturated carbocycles. The van der Waals surface area contributed by atoms with Crippen LogP contribution >= 0.6 is 11.3 Å². The largest absolute Gasteiger partial charge is 0.376 e. The number of anilines is 1. The summed E-state index contributed by atoms with van der Waals surface area (Å²) in [4.78, 5) is 45.0. The fraction of sp³-hybridized carbons (Fsp3) is 0.280. The summed E-state index contributed by atoms with van der Waals surface area (Å²) in [5, 5.41) is 3.21. The molecule has 2 aliphatic rings. The number of aromatic nitrogens is 1. The number of nitrogens with one attached hydrogen (secondary N) is 1. The number of fused-ring (bicyclic) bond motifs is 1. The number of amides is 3. The quantitative estimate of drug-likeness (QED) is 0.535. The number of ether oxygens (including phenoxy) is 1. The van der Waals surface area contributed by atoms with Gasteiger partial charge in [-0.2, -0.15) is 0 Å². The molecule has 1 N–H and O–H groups in total. The molecule has 1 saturated heterocycles. The van der Waals surface area contributed by atoms with Gasteiger partial charge in [0.15, 0.2) is 5.13 Å². The van der Waals surface area contributed by atoms with Crippen LogP contribution in [0, 0.1) is 12.7 Å². The average Bonchev–Trinajstić information content (AvgIpc) is 3.52. The van der Waals surface area contributed by atoms with Crippen molar-refractivity contribution in [2.45, 2.75) is 32.3 Å². The molecular formula is C25H22FN3O4S. The minimum atomic E-state index is -0.414. The van der Waals surface area contributed by atoms with E-state index in [9.17, 15) is 18.8 Å². The Balaban J connectivity index is 1.29. The molecule has 174 valence electrons. The second kappa shape index (κ2) is 9.08. The summed E-state index contributed by atoms with van der Waals surface area (Å²) < 4.78 is 18.7. The van der Waals surface area contributed by atoms with Gasteiger partial charge in [-0.05, 0) is 55.7 Å². The van der Waals surface area contributed by atoms with Gasteiger partial charge in [-0.3, -0.25) is 24.6 Å². The highest BCUT2D eigenvalue weighted by Gasteiger charge is 2.38. The number of thiazole rings is 1. The van der Waals surface area contributed by atoms with Crippen molar-refractivity contribution in [3.8, 4) is 0 Å². The van der Waals surface area contributed by atoms with Crippen molar-refractivity contribution in [1.29, 1.82) is 0 Å². The Morgan fingerprint density at radius 3 is 2.68 bits per heavy atom. The minimum absolute atomic E-state index is 0.137. The molecule has 5 rings (SSSR count). The number of rotatable bonds is 6. The second-order valence-electron chi connectivity index (χ2n) is 8.40. The van der Waals surface area contributed by atoms with Gasteiger partial charge in [0.05, 0.1) is 29.5 Å². The summed E-state index contributed by atoms with van der Waals surface area (Å²) in [5.41, 5.74) is 2.52. The maximum atomic E-state index is 13.1. The van der Waals surface area contributed by atoms with Gasteiger partial charge in [0.1, 0.15) is 5.82 Å². The minimum Gasteiger partial charge on any atom is -0.376 e. The van der Waals surface area contributed by atoms with Gasteiger partial charge >= 0.3 is 0 Å². The molecule has 3 aromatic rings. The van der Waals surface area contributed by atoms with E-state index in [1.807, 2.05) is 6.92 Å². The van der Waals surface area contributed by atoms with Crippen LogP contribution in [0.5, 0.6) is 0 Å². The summed E-state index contributed by atoms with van der Waals surface area (Å²) >= 11 is 1.35. The van der Waals surface area contributed by atoms with Crippen LogP contribution < -0.4 is 5.32 Å². The fourth-order valence-electron chi connectivity index (χ4n) is 4.19. The highest BCUT2D eigenvalue weighted by atomic mass is 32.1. The Morgan fingerprint density at radius 1 is 1.18 bits per heavy atom. The van der Waals surface area contributed by atoms with E-state index >= 15 is 0 Å². The summed E-state index contributed by atoms with van der Waals surface area (Å²) in [6.45, 7) is 2.72. The zero-order chi connectivity index (χ0) is 23.8. The number of carbonyl (C=O) groups excluding carboxylic acids is 3. The van der Waals surface area contributed by atoms with Crippen molar-refractivity contribution >= 4 is 34.2 Å². The van der Waals surface area contributed by atoms with Gasteiger partial charge in [-0.25, -0.2) is 9.37 Å². The van der Waals surface area contributed by atoms with Crippen LogP contribution in [-0.2, 0) is 11.2 Å². The van der Waals surface area contributed by atoms with Crippen molar-refractivity contribution in [3.05, 3.63) is 81.1 Å². The maximum Gasteiger partial charge on any atom is 0.261 e. The highest BCUT2D eigenvalue weighted by Crippen LogP contribution is 2.28. The van der Waals surface area contributed by atoms with Crippen LogP contribution in [-0.4, -0.2) is 46.9 Å². The lowest BCUT2D eigenvalue weighted by molar-refractivity contribution is 0.0475. The molecule has 2 aromatic carbocycles. The van der Waals surface area contributed by atoms with E-state index in [-0.39, 0.29) is 35.5 Å². The van der Waals surface area contributed by atoms with Crippen LogP contribution in [0.25, 0.3) is 0 Å². The van der Waals surface area contributed by atoms with Crippen LogP contribution in [0.15, 0.2) is 42.5 Å². The molecule has 7 nitrogen and oxygen atoms in total. The van der Waals surface area contributed by atoms with Gasteiger partial charge in [-0.1, -0.05) is 12.1 Å². The molecule has 1 unspecified atom stereocenters. The molecule has 9 heteroatoms. The smallest absolute Gasteiger partial charge is 0.261 e. The Bertz CT molecular complexity index is 1280. The van der Waals surface area contributed by atoms with Gasteiger partial charge in [0.25, 0.3) is 17.7 Å². The molecule has 1 aromatic heterocycles. The predicted octanol–water partition coefficient (Wildman–Crippen LogP) is 4.21. The number of aryl methyl sites for hydroxylation is 1. The van der Waals surface area contributed by atoms with E-state index in [0.717, 1.165) is 29.0 Å². The van der Waals surface area contributed by atoms with E-state index < -0.39 is 11.8 Å². The first-order valence-corrected chi connectivity index (χ1v) is 11.8. The average molecular weight is 480 g/mol. The van der Waals surface area contributed by atoms with Crippen molar-refractivity contribution in [1.82, 2.24) is 9.88 Å². The standard InChI is InChI=1S/C25H22FN3O4S/c1-14-21(11-15-4-7-17(26)8-5-15)34-25(27-14)28-22(30)16-6-9-19-20(12-16)24(32)29(23(19)31)13-18-3-2-10-33-18/h4-9,12,18H,2-3,10-11,13H2,1H3,(H,27,28,30). The molecule has 2 aliphatic heterocycles. The predicted molar refractivity (Wildman–Crippen MR) is 125 cm³/mol. The van der Waals surface area contributed by atoms with Crippen molar-refractivity contribution < 1.29 is 23.5 Å². The SMILES string of the molecule is Cc1nc(NC(=O)c2ccc3c(c2)C(=O)N(CC2CCCO2)C3=O)sc1Cc1ccc(F)cc1. The lowest BCUT2D eigenvalue weighted by Crippen LogP contribution is -2.36. The topological polar surface area (TPSA) is 88.6 Å². The third kappa shape index (κ3) is 4.36. The van der Waals surface area contributed by atoms with Gasteiger partial charge < -0.3 is 4.74 Å². The number of hydrogen-bond acceptors (Lipinski definition) is 6. The Kier molecular flexibility index (Phi) is 5.97. The Morgan fingerprint density at radius 2 is 1.94 bits per heavy atom. The van der Waals surface area contributed by atoms with Gasteiger partial charge in [-0.15, -0.1) is 11.3 Å². The molecule has 1 atom stereocenters. The van der Waals surface area contributed by atoms with E-state index in [0.29, 0.717) is 23.7 Å². The zero-order valence-electron chi connectivity index (χ0n) is 18.5. The summed E-state index contributed by atoms with van der Waals surface area (Å²) in [5.74, 6) is -1.47. The second-order valence-corrected chi connectivity index (χ2v) is 9.48. The third-order valence-corrected chi connectivity index (χ3v) is 7.11. The number of carbonyl (C=O) groups is 3. The molecule has 34 heavy (non-hydrogen) atoms. The lowest BCUT2D eigenvalue weighted by atomic mass is 10.1. The van der Waals surface area contributed by atoms with E-state index in [1.165, 1.54) is 46.6 Å². The van der Waals surface area contributed by atoms with E-state index in [2.05, 4.69) is 10.3 Å². The molecule has 1 fully saturated rings. The van der Waals surface area contributed by atoms with Gasteiger partial charge in [0.2, 0.25) is 0 Å². The zero-order valence-corrected chi connectivity index (χ0v) is 19.3. The molecule has 0 aliphatic carbocycles. The van der Waals surface area contributed by atoms with E-state index in [4.69, 9.17) is 4.74 Å². The summed E-state index contributed by atoms with van der Waals surface area (Å²) in [6, 6.07) is 10.8. The normalized spacial score (nSPS) is 17.4. The van der Waals surface area contributed by atoms with Crippen LogP contribution in [0.3, 0.4) is 0 Å².